The van der Waals surface area contributed by atoms with E-state index in [4.69, 9.17) is 9.47 Å². The number of hydrogen-bond acceptors (Lipinski definition) is 3. The van der Waals surface area contributed by atoms with Crippen molar-refractivity contribution in [3.8, 4) is 0 Å². The Kier molecular flexibility index (Phi) is 4.45. The van der Waals surface area contributed by atoms with E-state index in [1.165, 1.54) is 44.9 Å². The Morgan fingerprint density at radius 2 is 1.84 bits per heavy atom. The number of ether oxygens (including phenoxy) is 2. The van der Waals surface area contributed by atoms with E-state index in [1.807, 2.05) is 0 Å². The molecule has 3 rings (SSSR count). The fourth-order valence-electron chi connectivity index (χ4n) is 4.32. The Morgan fingerprint density at radius 3 is 2.47 bits per heavy atom. The first-order chi connectivity index (χ1) is 9.33. The van der Waals surface area contributed by atoms with E-state index in [1.54, 1.807) is 0 Å². The van der Waals surface area contributed by atoms with Crippen molar-refractivity contribution in [1.29, 1.82) is 0 Å². The van der Waals surface area contributed by atoms with Crippen LogP contribution in [-0.4, -0.2) is 38.0 Å². The van der Waals surface area contributed by atoms with Crippen molar-refractivity contribution >= 4 is 0 Å². The van der Waals surface area contributed by atoms with Gasteiger partial charge in [-0.25, -0.2) is 0 Å². The van der Waals surface area contributed by atoms with Crippen LogP contribution in [0.4, 0.5) is 0 Å². The molecule has 110 valence electrons. The predicted molar refractivity (Wildman–Crippen MR) is 76.3 cm³/mol. The lowest BCUT2D eigenvalue weighted by Crippen LogP contribution is -2.52. The van der Waals surface area contributed by atoms with Crippen LogP contribution in [0.3, 0.4) is 0 Å². The first-order valence-corrected chi connectivity index (χ1v) is 8.28. The maximum absolute atomic E-state index is 6.09. The summed E-state index contributed by atoms with van der Waals surface area (Å²) in [6.45, 7) is 6.23. The molecule has 1 N–H and O–H groups in total. The highest BCUT2D eigenvalue weighted by atomic mass is 16.5. The lowest BCUT2D eigenvalue weighted by Gasteiger charge is -2.50. The molecule has 3 aliphatic rings. The molecule has 0 aromatic heterocycles. The molecule has 3 nitrogen and oxygen atoms in total. The quantitative estimate of drug-likeness (QED) is 0.849. The Morgan fingerprint density at radius 1 is 1.11 bits per heavy atom. The first kappa shape index (κ1) is 13.8. The highest BCUT2D eigenvalue weighted by Gasteiger charge is 2.45. The van der Waals surface area contributed by atoms with Crippen molar-refractivity contribution in [2.45, 2.75) is 63.5 Å². The molecule has 0 aromatic carbocycles. The Labute approximate surface area is 117 Å². The second-order valence-electron chi connectivity index (χ2n) is 6.67. The lowest BCUT2D eigenvalue weighted by atomic mass is 9.68. The van der Waals surface area contributed by atoms with E-state index in [2.05, 4.69) is 12.2 Å². The van der Waals surface area contributed by atoms with Gasteiger partial charge >= 0.3 is 0 Å². The minimum Gasteiger partial charge on any atom is -0.381 e. The van der Waals surface area contributed by atoms with Crippen LogP contribution in [0.25, 0.3) is 0 Å². The molecule has 2 aliphatic heterocycles. The molecule has 2 unspecified atom stereocenters. The predicted octanol–water partition coefficient (Wildman–Crippen LogP) is 2.74. The summed E-state index contributed by atoms with van der Waals surface area (Å²) < 4.78 is 11.6. The van der Waals surface area contributed by atoms with E-state index in [0.29, 0.717) is 6.04 Å². The molecule has 0 radical (unpaired) electrons. The number of rotatable bonds is 4. The van der Waals surface area contributed by atoms with Crippen LogP contribution in [0.15, 0.2) is 0 Å². The third kappa shape index (κ3) is 2.98. The topological polar surface area (TPSA) is 30.5 Å². The highest BCUT2D eigenvalue weighted by molar-refractivity contribution is 4.98. The van der Waals surface area contributed by atoms with E-state index in [9.17, 15) is 0 Å². The van der Waals surface area contributed by atoms with Crippen molar-refractivity contribution in [3.05, 3.63) is 0 Å². The van der Waals surface area contributed by atoms with Crippen molar-refractivity contribution in [2.24, 2.45) is 11.8 Å². The summed E-state index contributed by atoms with van der Waals surface area (Å²) in [4.78, 5) is 0. The maximum atomic E-state index is 6.09. The van der Waals surface area contributed by atoms with E-state index in [-0.39, 0.29) is 5.60 Å². The molecule has 2 saturated heterocycles. The molecular weight excluding hydrogens is 238 g/mol. The van der Waals surface area contributed by atoms with Gasteiger partial charge in [0, 0.05) is 25.9 Å². The van der Waals surface area contributed by atoms with Gasteiger partial charge in [-0.1, -0.05) is 6.92 Å². The smallest absolute Gasteiger partial charge is 0.0685 e. The van der Waals surface area contributed by atoms with Crippen molar-refractivity contribution in [3.63, 3.8) is 0 Å². The zero-order valence-electron chi connectivity index (χ0n) is 12.3. The van der Waals surface area contributed by atoms with E-state index >= 15 is 0 Å². The van der Waals surface area contributed by atoms with Crippen LogP contribution in [0.5, 0.6) is 0 Å². The molecule has 1 spiro atoms. The molecule has 19 heavy (non-hydrogen) atoms. The molecular formula is C16H29NO2. The largest absolute Gasteiger partial charge is 0.381 e. The summed E-state index contributed by atoms with van der Waals surface area (Å²) in [5, 5.41) is 3.80. The van der Waals surface area contributed by atoms with Crippen LogP contribution < -0.4 is 5.32 Å². The molecule has 3 heteroatoms. The molecule has 0 aromatic rings. The molecule has 0 amide bonds. The standard InChI is InChI=1S/C16H29NO2/c1-2-17-15(13-4-9-18-10-5-13)14-6-11-19-16(12-14)7-3-8-16/h13-15,17H,2-12H2,1H3. The zero-order chi connectivity index (χ0) is 13.1. The summed E-state index contributed by atoms with van der Waals surface area (Å²) >= 11 is 0. The lowest BCUT2D eigenvalue weighted by molar-refractivity contribution is -0.150. The third-order valence-corrected chi connectivity index (χ3v) is 5.52. The molecule has 2 heterocycles. The average molecular weight is 267 g/mol. The van der Waals surface area contributed by atoms with Gasteiger partial charge < -0.3 is 14.8 Å². The van der Waals surface area contributed by atoms with E-state index in [0.717, 1.165) is 38.2 Å². The van der Waals surface area contributed by atoms with Crippen LogP contribution in [-0.2, 0) is 9.47 Å². The summed E-state index contributed by atoms with van der Waals surface area (Å²) in [7, 11) is 0. The average Bonchev–Trinajstić information content (AvgIpc) is 2.44. The van der Waals surface area contributed by atoms with Crippen LogP contribution >= 0.6 is 0 Å². The molecule has 2 atom stereocenters. The highest BCUT2D eigenvalue weighted by Crippen LogP contribution is 2.46. The van der Waals surface area contributed by atoms with Crippen LogP contribution in [0.1, 0.15) is 51.9 Å². The van der Waals surface area contributed by atoms with Crippen molar-refractivity contribution < 1.29 is 9.47 Å². The zero-order valence-corrected chi connectivity index (χ0v) is 12.3. The van der Waals surface area contributed by atoms with Gasteiger partial charge in [0.05, 0.1) is 5.60 Å². The van der Waals surface area contributed by atoms with Gasteiger partial charge in [0.15, 0.2) is 0 Å². The van der Waals surface area contributed by atoms with Gasteiger partial charge in [-0.2, -0.15) is 0 Å². The Balaban J connectivity index is 1.64. The molecule has 0 bridgehead atoms. The fourth-order valence-corrected chi connectivity index (χ4v) is 4.32. The van der Waals surface area contributed by atoms with Gasteiger partial charge in [0.1, 0.15) is 0 Å². The van der Waals surface area contributed by atoms with Gasteiger partial charge in [-0.15, -0.1) is 0 Å². The summed E-state index contributed by atoms with van der Waals surface area (Å²) in [5.41, 5.74) is 0.280. The first-order valence-electron chi connectivity index (χ1n) is 8.28. The van der Waals surface area contributed by atoms with Gasteiger partial charge in [-0.05, 0) is 63.3 Å². The van der Waals surface area contributed by atoms with Crippen molar-refractivity contribution in [1.82, 2.24) is 5.32 Å². The fraction of sp³-hybridized carbons (Fsp3) is 1.00. The summed E-state index contributed by atoms with van der Waals surface area (Å²) in [5.74, 6) is 1.63. The second kappa shape index (κ2) is 6.11. The van der Waals surface area contributed by atoms with Crippen molar-refractivity contribution in [2.75, 3.05) is 26.4 Å². The minimum atomic E-state index is 0.280. The molecule has 1 aliphatic carbocycles. The monoisotopic (exact) mass is 267 g/mol. The molecule has 1 saturated carbocycles. The summed E-state index contributed by atoms with van der Waals surface area (Å²) in [6, 6.07) is 0.690. The maximum Gasteiger partial charge on any atom is 0.0685 e. The normalized spacial score (nSPS) is 33.0. The van der Waals surface area contributed by atoms with Crippen LogP contribution in [0.2, 0.25) is 0 Å². The van der Waals surface area contributed by atoms with Crippen LogP contribution in [0, 0.1) is 11.8 Å². The van der Waals surface area contributed by atoms with E-state index < -0.39 is 0 Å². The Bertz CT molecular complexity index is 284. The number of nitrogens with one attached hydrogen (secondary N) is 1. The Hall–Kier alpha value is -0.120. The summed E-state index contributed by atoms with van der Waals surface area (Å²) in [6.07, 6.45) is 8.99. The van der Waals surface area contributed by atoms with Gasteiger partial charge in [0.25, 0.3) is 0 Å². The van der Waals surface area contributed by atoms with Gasteiger partial charge in [-0.3, -0.25) is 0 Å². The number of hydrogen-bond donors (Lipinski definition) is 1. The minimum absolute atomic E-state index is 0.280. The second-order valence-corrected chi connectivity index (χ2v) is 6.67. The molecule has 3 fully saturated rings. The van der Waals surface area contributed by atoms with Gasteiger partial charge in [0.2, 0.25) is 0 Å². The third-order valence-electron chi connectivity index (χ3n) is 5.52. The SMILES string of the molecule is CCNC(C1CCOCC1)C1CCOC2(CCC2)C1.